The maximum Gasteiger partial charge on any atom is 0.234 e. The summed E-state index contributed by atoms with van der Waals surface area (Å²) in [4.78, 5) is 12.0. The van der Waals surface area contributed by atoms with Gasteiger partial charge in [-0.1, -0.05) is 42.8 Å². The van der Waals surface area contributed by atoms with Crippen LogP contribution < -0.4 is 15.4 Å². The molecule has 5 heteroatoms. The van der Waals surface area contributed by atoms with Gasteiger partial charge < -0.3 is 15.4 Å². The van der Waals surface area contributed by atoms with Crippen molar-refractivity contribution in [1.82, 2.24) is 10.6 Å². The van der Waals surface area contributed by atoms with E-state index in [0.29, 0.717) is 18.2 Å². The number of amides is 1. The van der Waals surface area contributed by atoms with Crippen LogP contribution in [0.5, 0.6) is 5.75 Å². The molecule has 0 aromatic heterocycles. The first kappa shape index (κ1) is 19.3. The molecule has 134 valence electrons. The van der Waals surface area contributed by atoms with Crippen molar-refractivity contribution in [3.05, 3.63) is 64.7 Å². The molecule has 4 nitrogen and oxygen atoms in total. The van der Waals surface area contributed by atoms with Gasteiger partial charge in [-0.2, -0.15) is 0 Å². The summed E-state index contributed by atoms with van der Waals surface area (Å²) in [6.45, 7) is 5.46. The van der Waals surface area contributed by atoms with Crippen LogP contribution in [0.25, 0.3) is 0 Å². The van der Waals surface area contributed by atoms with Gasteiger partial charge in [0.05, 0.1) is 12.6 Å². The Bertz CT molecular complexity index is 656. The third-order valence-electron chi connectivity index (χ3n) is 3.91. The van der Waals surface area contributed by atoms with Gasteiger partial charge in [-0.15, -0.1) is 0 Å². The Morgan fingerprint density at radius 3 is 2.44 bits per heavy atom. The summed E-state index contributed by atoms with van der Waals surface area (Å²) in [7, 11) is 0. The number of rotatable bonds is 9. The molecule has 0 saturated heterocycles. The summed E-state index contributed by atoms with van der Waals surface area (Å²) < 4.78 is 5.56. The molecule has 0 fully saturated rings. The largest absolute Gasteiger partial charge is 0.492 e. The van der Waals surface area contributed by atoms with Crippen molar-refractivity contribution < 1.29 is 9.53 Å². The highest BCUT2D eigenvalue weighted by atomic mass is 35.5. The van der Waals surface area contributed by atoms with E-state index in [4.69, 9.17) is 16.3 Å². The number of ether oxygens (including phenoxy) is 1. The lowest BCUT2D eigenvalue weighted by Gasteiger charge is -2.15. The second kappa shape index (κ2) is 10.1. The number of carbonyl (C=O) groups excluding carboxylic acids is 1. The topological polar surface area (TPSA) is 50.4 Å². The van der Waals surface area contributed by atoms with Crippen LogP contribution in [-0.4, -0.2) is 25.6 Å². The molecule has 0 radical (unpaired) electrons. The van der Waals surface area contributed by atoms with Crippen molar-refractivity contribution >= 4 is 17.5 Å². The minimum Gasteiger partial charge on any atom is -0.492 e. The van der Waals surface area contributed by atoms with Crippen LogP contribution in [0.4, 0.5) is 0 Å². The van der Waals surface area contributed by atoms with Gasteiger partial charge in [0.15, 0.2) is 0 Å². The van der Waals surface area contributed by atoms with Gasteiger partial charge in [-0.25, -0.2) is 0 Å². The van der Waals surface area contributed by atoms with E-state index >= 15 is 0 Å². The maximum atomic E-state index is 12.0. The van der Waals surface area contributed by atoms with Crippen LogP contribution in [0, 0.1) is 0 Å². The Kier molecular flexibility index (Phi) is 7.76. The van der Waals surface area contributed by atoms with Crippen molar-refractivity contribution in [3.8, 4) is 5.75 Å². The zero-order valence-corrected chi connectivity index (χ0v) is 15.5. The average Bonchev–Trinajstić information content (AvgIpc) is 2.63. The van der Waals surface area contributed by atoms with E-state index in [-0.39, 0.29) is 18.5 Å². The fourth-order valence-electron chi connectivity index (χ4n) is 2.39. The molecule has 1 atom stereocenters. The predicted molar refractivity (Wildman–Crippen MR) is 102 cm³/mol. The summed E-state index contributed by atoms with van der Waals surface area (Å²) >= 11 is 5.82. The van der Waals surface area contributed by atoms with Crippen LogP contribution in [0.1, 0.15) is 31.0 Å². The van der Waals surface area contributed by atoms with Crippen molar-refractivity contribution in [2.24, 2.45) is 0 Å². The van der Waals surface area contributed by atoms with E-state index in [1.54, 1.807) is 12.1 Å². The highest BCUT2D eigenvalue weighted by Crippen LogP contribution is 2.15. The molecular formula is C20H25ClN2O2. The molecule has 25 heavy (non-hydrogen) atoms. The first-order chi connectivity index (χ1) is 12.1. The van der Waals surface area contributed by atoms with Gasteiger partial charge >= 0.3 is 0 Å². The van der Waals surface area contributed by atoms with Gasteiger partial charge in [0.2, 0.25) is 5.91 Å². The molecule has 0 aliphatic rings. The van der Waals surface area contributed by atoms with Crippen molar-refractivity contribution in [2.45, 2.75) is 26.3 Å². The van der Waals surface area contributed by atoms with E-state index in [9.17, 15) is 4.79 Å². The molecule has 0 bridgehead atoms. The van der Waals surface area contributed by atoms with E-state index in [1.165, 1.54) is 5.56 Å². The monoisotopic (exact) mass is 360 g/mol. The molecule has 2 aromatic carbocycles. The summed E-state index contributed by atoms with van der Waals surface area (Å²) in [5.41, 5.74) is 2.40. The standard InChI is InChI=1S/C20H25ClN2O2/c1-3-16-4-6-17(7-5-16)15(2)23-20(24)14-22-12-13-25-19-10-8-18(21)9-11-19/h4-11,15,22H,3,12-14H2,1-2H3,(H,23,24)/t15-/m1/s1. The normalized spacial score (nSPS) is 11.8. The zero-order valence-electron chi connectivity index (χ0n) is 14.7. The van der Waals surface area contributed by atoms with E-state index in [2.05, 4.69) is 41.8 Å². The molecule has 2 N–H and O–H groups in total. The van der Waals surface area contributed by atoms with Crippen LogP contribution in [0.2, 0.25) is 5.02 Å². The van der Waals surface area contributed by atoms with E-state index in [1.807, 2.05) is 19.1 Å². The Labute approximate surface area is 154 Å². The fraction of sp³-hybridized carbons (Fsp3) is 0.350. The maximum absolute atomic E-state index is 12.0. The van der Waals surface area contributed by atoms with Crippen molar-refractivity contribution in [3.63, 3.8) is 0 Å². The zero-order chi connectivity index (χ0) is 18.1. The number of hydrogen-bond donors (Lipinski definition) is 2. The highest BCUT2D eigenvalue weighted by molar-refractivity contribution is 6.30. The van der Waals surface area contributed by atoms with Gasteiger partial charge in [-0.05, 0) is 48.7 Å². The molecule has 2 aromatic rings. The second-order valence-electron chi connectivity index (χ2n) is 5.86. The third-order valence-corrected chi connectivity index (χ3v) is 4.16. The minimum absolute atomic E-state index is 0.00877. The second-order valence-corrected chi connectivity index (χ2v) is 6.30. The molecular weight excluding hydrogens is 336 g/mol. The Morgan fingerprint density at radius 1 is 1.12 bits per heavy atom. The lowest BCUT2D eigenvalue weighted by atomic mass is 10.1. The molecule has 1 amide bonds. The Balaban J connectivity index is 1.63. The smallest absolute Gasteiger partial charge is 0.234 e. The SMILES string of the molecule is CCc1ccc([C@@H](C)NC(=O)CNCCOc2ccc(Cl)cc2)cc1. The number of halogens is 1. The molecule has 0 saturated carbocycles. The Morgan fingerprint density at radius 2 is 1.80 bits per heavy atom. The minimum atomic E-state index is -0.0291. The summed E-state index contributed by atoms with van der Waals surface area (Å²) in [5, 5.41) is 6.75. The molecule has 2 rings (SSSR count). The summed E-state index contributed by atoms with van der Waals surface area (Å²) in [6, 6.07) is 15.5. The summed E-state index contributed by atoms with van der Waals surface area (Å²) in [5.74, 6) is 0.735. The number of hydrogen-bond acceptors (Lipinski definition) is 3. The molecule has 0 unspecified atom stereocenters. The molecule has 0 heterocycles. The highest BCUT2D eigenvalue weighted by Gasteiger charge is 2.09. The van der Waals surface area contributed by atoms with Gasteiger partial charge in [-0.3, -0.25) is 4.79 Å². The quantitative estimate of drug-likeness (QED) is 0.669. The van der Waals surface area contributed by atoms with Crippen LogP contribution >= 0.6 is 11.6 Å². The van der Waals surface area contributed by atoms with Crippen LogP contribution in [-0.2, 0) is 11.2 Å². The predicted octanol–water partition coefficient (Wildman–Crippen LogP) is 3.75. The fourth-order valence-corrected chi connectivity index (χ4v) is 2.52. The van der Waals surface area contributed by atoms with Crippen molar-refractivity contribution in [1.29, 1.82) is 0 Å². The molecule has 0 aliphatic carbocycles. The Hall–Kier alpha value is -2.04. The molecule has 0 spiro atoms. The average molecular weight is 361 g/mol. The van der Waals surface area contributed by atoms with E-state index < -0.39 is 0 Å². The van der Waals surface area contributed by atoms with Gasteiger partial charge in [0, 0.05) is 11.6 Å². The number of aryl methyl sites for hydroxylation is 1. The number of benzene rings is 2. The van der Waals surface area contributed by atoms with Crippen LogP contribution in [0.15, 0.2) is 48.5 Å². The van der Waals surface area contributed by atoms with E-state index in [0.717, 1.165) is 17.7 Å². The van der Waals surface area contributed by atoms with Gasteiger partial charge in [0.25, 0.3) is 0 Å². The lowest BCUT2D eigenvalue weighted by molar-refractivity contribution is -0.120. The number of nitrogens with one attached hydrogen (secondary N) is 2. The first-order valence-corrected chi connectivity index (χ1v) is 8.93. The van der Waals surface area contributed by atoms with Gasteiger partial charge in [0.1, 0.15) is 12.4 Å². The summed E-state index contributed by atoms with van der Waals surface area (Å²) in [6.07, 6.45) is 1.02. The lowest BCUT2D eigenvalue weighted by Crippen LogP contribution is -2.36. The third kappa shape index (κ3) is 6.77. The van der Waals surface area contributed by atoms with Crippen LogP contribution in [0.3, 0.4) is 0 Å². The van der Waals surface area contributed by atoms with Crippen molar-refractivity contribution in [2.75, 3.05) is 19.7 Å². The molecule has 0 aliphatic heterocycles. The first-order valence-electron chi connectivity index (χ1n) is 8.55. The number of carbonyl (C=O) groups is 1.